The van der Waals surface area contributed by atoms with Crippen LogP contribution in [0.5, 0.6) is 0 Å². The molecule has 2 aromatic rings. The van der Waals surface area contributed by atoms with Crippen LogP contribution in [0.15, 0.2) is 53.0 Å². The maximum atomic E-state index is 12.1. The lowest BCUT2D eigenvalue weighted by Crippen LogP contribution is -2.03. The molecule has 0 amide bonds. The molecule has 0 aliphatic carbocycles. The number of hydrogen-bond donors (Lipinski definition) is 0. The Morgan fingerprint density at radius 1 is 1.12 bits per heavy atom. The first-order valence-corrected chi connectivity index (χ1v) is 6.29. The predicted octanol–water partition coefficient (Wildman–Crippen LogP) is 4.18. The smallest absolute Gasteiger partial charge is 0.167 e. The molecule has 0 unspecified atom stereocenters. The largest absolute Gasteiger partial charge is 0.294 e. The van der Waals surface area contributed by atoms with Gasteiger partial charge in [0.2, 0.25) is 0 Å². The van der Waals surface area contributed by atoms with Gasteiger partial charge in [-0.05, 0) is 30.7 Å². The van der Waals surface area contributed by atoms with Gasteiger partial charge in [0.15, 0.2) is 5.78 Å². The molecule has 0 atom stereocenters. The van der Waals surface area contributed by atoms with E-state index in [1.165, 1.54) is 0 Å². The van der Waals surface area contributed by atoms with E-state index in [2.05, 4.69) is 15.9 Å². The maximum absolute atomic E-state index is 12.1. The Morgan fingerprint density at radius 3 is 2.59 bits per heavy atom. The highest BCUT2D eigenvalue weighted by atomic mass is 79.9. The van der Waals surface area contributed by atoms with Crippen molar-refractivity contribution in [3.8, 4) is 0 Å². The van der Waals surface area contributed by atoms with E-state index in [9.17, 15) is 4.79 Å². The predicted molar refractivity (Wildman–Crippen MR) is 73.4 cm³/mol. The Balaban J connectivity index is 2.17. The van der Waals surface area contributed by atoms with Crippen LogP contribution in [-0.4, -0.2) is 5.78 Å². The maximum Gasteiger partial charge on any atom is 0.167 e. The van der Waals surface area contributed by atoms with Crippen LogP contribution in [0.3, 0.4) is 0 Å². The first kappa shape index (κ1) is 12.1. The topological polar surface area (TPSA) is 17.1 Å². The van der Waals surface area contributed by atoms with Crippen molar-refractivity contribution in [1.82, 2.24) is 0 Å². The van der Waals surface area contributed by atoms with Gasteiger partial charge in [-0.15, -0.1) is 0 Å². The average molecular weight is 289 g/mol. The molecule has 86 valence electrons. The van der Waals surface area contributed by atoms with Gasteiger partial charge < -0.3 is 0 Å². The third-order valence-electron chi connectivity index (χ3n) is 2.59. The summed E-state index contributed by atoms with van der Waals surface area (Å²) in [5, 5.41) is 0. The average Bonchev–Trinajstić information content (AvgIpc) is 2.29. The van der Waals surface area contributed by atoms with Crippen molar-refractivity contribution in [2.24, 2.45) is 0 Å². The van der Waals surface area contributed by atoms with Gasteiger partial charge in [-0.3, -0.25) is 4.79 Å². The summed E-state index contributed by atoms with van der Waals surface area (Å²) in [5.41, 5.74) is 2.93. The minimum absolute atomic E-state index is 0.159. The van der Waals surface area contributed by atoms with Crippen molar-refractivity contribution in [3.05, 3.63) is 69.7 Å². The molecule has 2 aromatic carbocycles. The minimum atomic E-state index is 0.159. The number of aryl methyl sites for hydroxylation is 1. The van der Waals surface area contributed by atoms with Crippen molar-refractivity contribution in [2.45, 2.75) is 13.3 Å². The zero-order valence-electron chi connectivity index (χ0n) is 9.61. The van der Waals surface area contributed by atoms with Crippen LogP contribution in [0.4, 0.5) is 0 Å². The molecular weight excluding hydrogens is 276 g/mol. The molecule has 0 aliphatic rings. The normalized spacial score (nSPS) is 10.2. The number of benzene rings is 2. The molecule has 0 spiro atoms. The quantitative estimate of drug-likeness (QED) is 0.775. The molecule has 2 heteroatoms. The second-order valence-electron chi connectivity index (χ2n) is 4.10. The Morgan fingerprint density at radius 2 is 1.88 bits per heavy atom. The molecule has 0 N–H and O–H groups in total. The molecule has 0 bridgehead atoms. The summed E-state index contributed by atoms with van der Waals surface area (Å²) >= 11 is 3.41. The minimum Gasteiger partial charge on any atom is -0.294 e. The molecule has 0 aromatic heterocycles. The fourth-order valence-corrected chi connectivity index (χ4v) is 2.20. The zero-order chi connectivity index (χ0) is 12.3. The van der Waals surface area contributed by atoms with Crippen LogP contribution in [0.25, 0.3) is 0 Å². The number of hydrogen-bond acceptors (Lipinski definition) is 1. The lowest BCUT2D eigenvalue weighted by atomic mass is 10.0. The molecular formula is C15H13BrO. The SMILES string of the molecule is Cc1cccc(C(=O)Cc2cccc(Br)c2)c1. The molecule has 0 aliphatic heterocycles. The van der Waals surface area contributed by atoms with E-state index in [1.807, 2.05) is 55.5 Å². The summed E-state index contributed by atoms with van der Waals surface area (Å²) in [4.78, 5) is 12.1. The second kappa shape index (κ2) is 5.28. The van der Waals surface area contributed by atoms with Crippen molar-refractivity contribution < 1.29 is 4.79 Å². The summed E-state index contributed by atoms with van der Waals surface area (Å²) in [5.74, 6) is 0.159. The third kappa shape index (κ3) is 3.27. The summed E-state index contributed by atoms with van der Waals surface area (Å²) in [6.07, 6.45) is 0.447. The molecule has 2 rings (SSSR count). The summed E-state index contributed by atoms with van der Waals surface area (Å²) in [7, 11) is 0. The van der Waals surface area contributed by atoms with Crippen LogP contribution in [0.1, 0.15) is 21.5 Å². The molecule has 0 heterocycles. The first-order chi connectivity index (χ1) is 8.15. The fourth-order valence-electron chi connectivity index (χ4n) is 1.75. The van der Waals surface area contributed by atoms with E-state index in [0.29, 0.717) is 6.42 Å². The van der Waals surface area contributed by atoms with E-state index < -0.39 is 0 Å². The standard InChI is InChI=1S/C15H13BrO/c1-11-4-2-6-13(8-11)15(17)10-12-5-3-7-14(16)9-12/h2-9H,10H2,1H3. The highest BCUT2D eigenvalue weighted by Gasteiger charge is 2.07. The lowest BCUT2D eigenvalue weighted by Gasteiger charge is -2.03. The zero-order valence-corrected chi connectivity index (χ0v) is 11.2. The molecule has 0 fully saturated rings. The Labute approximate surface area is 110 Å². The van der Waals surface area contributed by atoms with Crippen LogP contribution in [0.2, 0.25) is 0 Å². The van der Waals surface area contributed by atoms with Gasteiger partial charge in [-0.25, -0.2) is 0 Å². The van der Waals surface area contributed by atoms with E-state index in [1.54, 1.807) is 0 Å². The number of carbonyl (C=O) groups excluding carboxylic acids is 1. The van der Waals surface area contributed by atoms with Gasteiger partial charge >= 0.3 is 0 Å². The first-order valence-electron chi connectivity index (χ1n) is 5.49. The number of rotatable bonds is 3. The Bertz CT molecular complexity index is 546. The molecule has 1 nitrogen and oxygen atoms in total. The molecule has 0 radical (unpaired) electrons. The lowest BCUT2D eigenvalue weighted by molar-refractivity contribution is 0.0993. The fraction of sp³-hybridized carbons (Fsp3) is 0.133. The molecule has 17 heavy (non-hydrogen) atoms. The van der Waals surface area contributed by atoms with Gasteiger partial charge in [0, 0.05) is 16.5 Å². The second-order valence-corrected chi connectivity index (χ2v) is 5.02. The highest BCUT2D eigenvalue weighted by Crippen LogP contribution is 2.14. The monoisotopic (exact) mass is 288 g/mol. The van der Waals surface area contributed by atoms with Crippen LogP contribution in [0, 0.1) is 6.92 Å². The molecule has 0 saturated heterocycles. The van der Waals surface area contributed by atoms with Gasteiger partial charge in [0.25, 0.3) is 0 Å². The Kier molecular flexibility index (Phi) is 3.75. The molecule has 0 saturated carbocycles. The van der Waals surface area contributed by atoms with E-state index >= 15 is 0 Å². The van der Waals surface area contributed by atoms with Crippen molar-refractivity contribution in [2.75, 3.05) is 0 Å². The Hall–Kier alpha value is -1.41. The van der Waals surface area contributed by atoms with Crippen LogP contribution >= 0.6 is 15.9 Å². The summed E-state index contributed by atoms with van der Waals surface area (Å²) < 4.78 is 1.01. The number of halogens is 1. The van der Waals surface area contributed by atoms with Crippen LogP contribution < -0.4 is 0 Å². The van der Waals surface area contributed by atoms with Gasteiger partial charge in [0.05, 0.1) is 0 Å². The van der Waals surface area contributed by atoms with E-state index in [4.69, 9.17) is 0 Å². The van der Waals surface area contributed by atoms with E-state index in [-0.39, 0.29) is 5.78 Å². The van der Waals surface area contributed by atoms with Crippen molar-refractivity contribution in [3.63, 3.8) is 0 Å². The van der Waals surface area contributed by atoms with Crippen molar-refractivity contribution in [1.29, 1.82) is 0 Å². The summed E-state index contributed by atoms with van der Waals surface area (Å²) in [6.45, 7) is 2.00. The van der Waals surface area contributed by atoms with Gasteiger partial charge in [-0.1, -0.05) is 51.8 Å². The third-order valence-corrected chi connectivity index (χ3v) is 3.09. The number of Topliss-reactive ketones (excluding diaryl/α,β-unsaturated/α-hetero) is 1. The van der Waals surface area contributed by atoms with Gasteiger partial charge in [-0.2, -0.15) is 0 Å². The summed E-state index contributed by atoms with van der Waals surface area (Å²) in [6, 6.07) is 15.6. The van der Waals surface area contributed by atoms with Crippen molar-refractivity contribution >= 4 is 21.7 Å². The number of carbonyl (C=O) groups is 1. The highest BCUT2D eigenvalue weighted by molar-refractivity contribution is 9.10. The van der Waals surface area contributed by atoms with Gasteiger partial charge in [0.1, 0.15) is 0 Å². The van der Waals surface area contributed by atoms with Crippen LogP contribution in [-0.2, 0) is 6.42 Å². The van der Waals surface area contributed by atoms with E-state index in [0.717, 1.165) is 21.2 Å². The number of ketones is 1.